The van der Waals surface area contributed by atoms with Crippen molar-refractivity contribution >= 4 is 29.2 Å². The average molecular weight is 374 g/mol. The fourth-order valence-electron chi connectivity index (χ4n) is 3.07. The van der Waals surface area contributed by atoms with E-state index < -0.39 is 17.7 Å². The normalized spacial score (nSPS) is 14.6. The molecule has 0 radical (unpaired) electrons. The molecule has 1 heterocycles. The van der Waals surface area contributed by atoms with Crippen molar-refractivity contribution in [3.8, 4) is 0 Å². The molecule has 1 aliphatic carbocycles. The molecular weight excluding hydrogens is 355 g/mol. The number of carbonyl (C=O) groups is 3. The summed E-state index contributed by atoms with van der Waals surface area (Å²) in [6.07, 6.45) is 4.65. The quantitative estimate of drug-likeness (QED) is 0.736. The van der Waals surface area contributed by atoms with E-state index in [0.29, 0.717) is 0 Å². The Labute approximate surface area is 154 Å². The highest BCUT2D eigenvalue weighted by Crippen LogP contribution is 2.26. The molecule has 7 nitrogen and oxygen atoms in total. The number of hydrogen-bond acceptors (Lipinski definition) is 4. The molecule has 0 aliphatic heterocycles. The third-order valence-corrected chi connectivity index (χ3v) is 4.50. The summed E-state index contributed by atoms with van der Waals surface area (Å²) in [5.41, 5.74) is 0.225. The van der Waals surface area contributed by atoms with Crippen molar-refractivity contribution in [1.82, 2.24) is 0 Å². The summed E-state index contributed by atoms with van der Waals surface area (Å²) < 4.78 is 19.0. The Morgan fingerprint density at radius 3 is 2.37 bits per heavy atom. The molecule has 0 unspecified atom stereocenters. The minimum Gasteiger partial charge on any atom is -0.475 e. The maximum absolute atomic E-state index is 14.0. The number of carboxylic acid groups (broad SMARTS) is 1. The lowest BCUT2D eigenvalue weighted by Gasteiger charge is -2.21. The van der Waals surface area contributed by atoms with Crippen LogP contribution in [0.3, 0.4) is 0 Å². The molecule has 27 heavy (non-hydrogen) atoms. The minimum absolute atomic E-state index is 0.0194. The van der Waals surface area contributed by atoms with Crippen molar-refractivity contribution in [2.24, 2.45) is 5.92 Å². The van der Waals surface area contributed by atoms with Gasteiger partial charge in [0.15, 0.2) is 5.76 Å². The van der Waals surface area contributed by atoms with E-state index in [9.17, 15) is 18.8 Å². The van der Waals surface area contributed by atoms with Crippen molar-refractivity contribution in [2.75, 3.05) is 10.6 Å². The van der Waals surface area contributed by atoms with Gasteiger partial charge in [-0.05, 0) is 43.2 Å². The third kappa shape index (κ3) is 4.52. The maximum Gasteiger partial charge on any atom is 0.371 e. The highest BCUT2D eigenvalue weighted by Gasteiger charge is 2.22. The van der Waals surface area contributed by atoms with Gasteiger partial charge in [-0.2, -0.15) is 0 Å². The Bertz CT molecular complexity index is 871. The van der Waals surface area contributed by atoms with Gasteiger partial charge in [-0.25, -0.2) is 9.18 Å². The lowest BCUT2D eigenvalue weighted by atomic mass is 9.88. The van der Waals surface area contributed by atoms with Crippen LogP contribution in [0.1, 0.15) is 53.2 Å². The summed E-state index contributed by atoms with van der Waals surface area (Å²) in [5.74, 6) is -3.49. The lowest BCUT2D eigenvalue weighted by Crippen LogP contribution is -2.25. The number of nitrogens with one attached hydrogen (secondary N) is 2. The first-order chi connectivity index (χ1) is 12.9. The first kappa shape index (κ1) is 18.6. The number of anilines is 2. The number of halogens is 1. The number of furan rings is 1. The Kier molecular flexibility index (Phi) is 5.54. The number of hydrogen-bond donors (Lipinski definition) is 3. The second kappa shape index (κ2) is 8.03. The third-order valence-electron chi connectivity index (χ3n) is 4.50. The molecule has 2 amide bonds. The molecule has 1 aromatic carbocycles. The maximum atomic E-state index is 14.0. The van der Waals surface area contributed by atoms with Gasteiger partial charge in [0.05, 0.1) is 5.69 Å². The van der Waals surface area contributed by atoms with Gasteiger partial charge in [-0.3, -0.25) is 9.59 Å². The van der Waals surface area contributed by atoms with Gasteiger partial charge in [0.1, 0.15) is 5.82 Å². The van der Waals surface area contributed by atoms with E-state index in [0.717, 1.165) is 44.2 Å². The molecule has 1 aliphatic rings. The van der Waals surface area contributed by atoms with Gasteiger partial charge in [-0.1, -0.05) is 19.3 Å². The fourth-order valence-corrected chi connectivity index (χ4v) is 3.07. The molecule has 1 aromatic heterocycles. The van der Waals surface area contributed by atoms with Gasteiger partial charge in [0.25, 0.3) is 5.91 Å². The molecule has 0 atom stereocenters. The first-order valence-corrected chi connectivity index (χ1v) is 8.69. The Morgan fingerprint density at radius 1 is 1.00 bits per heavy atom. The Hall–Kier alpha value is -3.16. The zero-order valence-electron chi connectivity index (χ0n) is 14.5. The van der Waals surface area contributed by atoms with Crippen LogP contribution in [0.25, 0.3) is 0 Å². The average Bonchev–Trinajstić information content (AvgIpc) is 3.16. The number of carbonyl (C=O) groups excluding carboxylic acids is 2. The van der Waals surface area contributed by atoms with Crippen LogP contribution in [0.2, 0.25) is 0 Å². The van der Waals surface area contributed by atoms with E-state index in [4.69, 9.17) is 9.52 Å². The molecule has 2 aromatic rings. The van der Waals surface area contributed by atoms with Gasteiger partial charge >= 0.3 is 5.97 Å². The zero-order valence-corrected chi connectivity index (χ0v) is 14.5. The fraction of sp³-hybridized carbons (Fsp3) is 0.316. The number of benzene rings is 1. The van der Waals surface area contributed by atoms with E-state index in [1.807, 2.05) is 0 Å². The van der Waals surface area contributed by atoms with Gasteiger partial charge in [0, 0.05) is 11.6 Å². The SMILES string of the molecule is O=C(O)c1ccc(C(=O)Nc2ccc(F)c(NC(=O)C3CCCCC3)c2)o1. The minimum atomic E-state index is -1.29. The van der Waals surface area contributed by atoms with Crippen molar-refractivity contribution in [2.45, 2.75) is 32.1 Å². The Morgan fingerprint density at radius 2 is 1.70 bits per heavy atom. The summed E-state index contributed by atoms with van der Waals surface area (Å²) in [6, 6.07) is 6.18. The van der Waals surface area contributed by atoms with Crippen LogP contribution in [-0.2, 0) is 4.79 Å². The van der Waals surface area contributed by atoms with Crippen molar-refractivity contribution in [3.63, 3.8) is 0 Å². The summed E-state index contributed by atoms with van der Waals surface area (Å²) in [4.78, 5) is 35.2. The highest BCUT2D eigenvalue weighted by atomic mass is 19.1. The zero-order chi connectivity index (χ0) is 19.4. The van der Waals surface area contributed by atoms with E-state index in [-0.39, 0.29) is 34.7 Å². The summed E-state index contributed by atoms with van der Waals surface area (Å²) >= 11 is 0. The summed E-state index contributed by atoms with van der Waals surface area (Å²) in [5, 5.41) is 13.9. The second-order valence-electron chi connectivity index (χ2n) is 6.44. The molecule has 0 bridgehead atoms. The molecular formula is C19H19FN2O5. The van der Waals surface area contributed by atoms with E-state index in [2.05, 4.69) is 10.6 Å². The van der Waals surface area contributed by atoms with Gasteiger partial charge < -0.3 is 20.2 Å². The largest absolute Gasteiger partial charge is 0.475 e. The second-order valence-corrected chi connectivity index (χ2v) is 6.44. The Balaban J connectivity index is 1.69. The van der Waals surface area contributed by atoms with Crippen LogP contribution in [-0.4, -0.2) is 22.9 Å². The number of amides is 2. The van der Waals surface area contributed by atoms with Crippen LogP contribution >= 0.6 is 0 Å². The smallest absolute Gasteiger partial charge is 0.371 e. The predicted molar refractivity (Wildman–Crippen MR) is 95.2 cm³/mol. The summed E-state index contributed by atoms with van der Waals surface area (Å²) in [6.45, 7) is 0. The van der Waals surface area contributed by atoms with Crippen molar-refractivity contribution < 1.29 is 28.3 Å². The van der Waals surface area contributed by atoms with E-state index in [1.165, 1.54) is 18.2 Å². The van der Waals surface area contributed by atoms with Crippen LogP contribution in [0, 0.1) is 11.7 Å². The molecule has 8 heteroatoms. The summed E-state index contributed by atoms with van der Waals surface area (Å²) in [7, 11) is 0. The van der Waals surface area contributed by atoms with Crippen LogP contribution in [0.4, 0.5) is 15.8 Å². The number of aromatic carboxylic acids is 1. The van der Waals surface area contributed by atoms with Crippen LogP contribution < -0.4 is 10.6 Å². The van der Waals surface area contributed by atoms with Crippen LogP contribution in [0.15, 0.2) is 34.7 Å². The van der Waals surface area contributed by atoms with E-state index >= 15 is 0 Å². The predicted octanol–water partition coefficient (Wildman–Crippen LogP) is 3.89. The molecule has 0 spiro atoms. The molecule has 0 saturated heterocycles. The first-order valence-electron chi connectivity index (χ1n) is 8.69. The monoisotopic (exact) mass is 374 g/mol. The number of rotatable bonds is 5. The molecule has 3 rings (SSSR count). The van der Waals surface area contributed by atoms with Gasteiger partial charge in [0.2, 0.25) is 11.7 Å². The van der Waals surface area contributed by atoms with Gasteiger partial charge in [-0.15, -0.1) is 0 Å². The van der Waals surface area contributed by atoms with Crippen molar-refractivity contribution in [3.05, 3.63) is 47.7 Å². The lowest BCUT2D eigenvalue weighted by molar-refractivity contribution is -0.120. The highest BCUT2D eigenvalue weighted by molar-refractivity contribution is 6.03. The number of carboxylic acids is 1. The van der Waals surface area contributed by atoms with Crippen molar-refractivity contribution in [1.29, 1.82) is 0 Å². The topological polar surface area (TPSA) is 109 Å². The van der Waals surface area contributed by atoms with Crippen LogP contribution in [0.5, 0.6) is 0 Å². The standard InChI is InChI=1S/C19H19FN2O5/c20-13-7-6-12(21-18(24)15-8-9-16(27-15)19(25)26)10-14(13)22-17(23)11-4-2-1-3-5-11/h6-11H,1-5H2,(H,21,24)(H,22,23)(H,25,26). The van der Waals surface area contributed by atoms with E-state index in [1.54, 1.807) is 0 Å². The molecule has 1 saturated carbocycles. The molecule has 142 valence electrons. The molecule has 1 fully saturated rings. The molecule has 3 N–H and O–H groups in total.